The number of likely N-dealkylation sites (N-methyl/N-ethyl adjacent to an activating group) is 1. The van der Waals surface area contributed by atoms with Crippen molar-refractivity contribution in [3.63, 3.8) is 0 Å². The first-order chi connectivity index (χ1) is 9.20. The average molecular weight is 257 g/mol. The smallest absolute Gasteiger partial charge is 0.0142 e. The van der Waals surface area contributed by atoms with Crippen LogP contribution >= 0.6 is 0 Å². The first kappa shape index (κ1) is 14.3. The van der Waals surface area contributed by atoms with Gasteiger partial charge in [-0.05, 0) is 76.1 Å². The van der Waals surface area contributed by atoms with Gasteiger partial charge >= 0.3 is 0 Å². The molecule has 0 amide bonds. The highest BCUT2D eigenvalue weighted by Gasteiger charge is 2.14. The molecule has 1 unspecified atom stereocenters. The molecule has 0 radical (unpaired) electrons. The molecule has 1 aromatic rings. The van der Waals surface area contributed by atoms with Crippen LogP contribution in [0.5, 0.6) is 0 Å². The van der Waals surface area contributed by atoms with Crippen LogP contribution < -0.4 is 5.32 Å². The minimum Gasteiger partial charge on any atom is -0.316 e. The third kappa shape index (κ3) is 3.94. The second-order valence-corrected chi connectivity index (χ2v) is 5.87. The first-order valence-electron chi connectivity index (χ1n) is 7.61. The molecule has 0 bridgehead atoms. The van der Waals surface area contributed by atoms with Crippen molar-refractivity contribution in [2.75, 3.05) is 7.05 Å². The van der Waals surface area contributed by atoms with Crippen molar-refractivity contribution in [2.45, 2.75) is 58.4 Å². The van der Waals surface area contributed by atoms with Crippen LogP contribution in [0.4, 0.5) is 0 Å². The fourth-order valence-corrected chi connectivity index (χ4v) is 3.10. The van der Waals surface area contributed by atoms with Gasteiger partial charge in [-0.25, -0.2) is 0 Å². The highest BCUT2D eigenvalue weighted by atomic mass is 14.9. The molecule has 19 heavy (non-hydrogen) atoms. The summed E-state index contributed by atoms with van der Waals surface area (Å²) < 4.78 is 0. The maximum atomic E-state index is 3.51. The van der Waals surface area contributed by atoms with E-state index in [-0.39, 0.29) is 0 Å². The van der Waals surface area contributed by atoms with Crippen molar-refractivity contribution in [3.8, 4) is 0 Å². The third-order valence-electron chi connectivity index (χ3n) is 4.40. The van der Waals surface area contributed by atoms with Crippen LogP contribution in [0, 0.1) is 13.8 Å². The van der Waals surface area contributed by atoms with Crippen LogP contribution in [0.2, 0.25) is 0 Å². The van der Waals surface area contributed by atoms with E-state index in [1.165, 1.54) is 48.8 Å². The summed E-state index contributed by atoms with van der Waals surface area (Å²) in [7, 11) is 2.10. The van der Waals surface area contributed by atoms with Gasteiger partial charge in [0.15, 0.2) is 0 Å². The van der Waals surface area contributed by atoms with Gasteiger partial charge in [0, 0.05) is 6.04 Å². The first-order valence-corrected chi connectivity index (χ1v) is 7.61. The molecule has 1 heteroatoms. The Bertz CT molecular complexity index is 425. The van der Waals surface area contributed by atoms with Gasteiger partial charge in [-0.1, -0.05) is 29.8 Å². The molecule has 1 aliphatic rings. The molecule has 1 atom stereocenters. The quantitative estimate of drug-likeness (QED) is 0.774. The van der Waals surface area contributed by atoms with Gasteiger partial charge in [0.2, 0.25) is 0 Å². The Morgan fingerprint density at radius 2 is 1.84 bits per heavy atom. The third-order valence-corrected chi connectivity index (χ3v) is 4.40. The number of aryl methyl sites for hydroxylation is 2. The average Bonchev–Trinajstić information content (AvgIpc) is 2.43. The molecule has 2 rings (SSSR count). The van der Waals surface area contributed by atoms with Gasteiger partial charge in [0.05, 0.1) is 0 Å². The Hall–Kier alpha value is -1.08. The summed E-state index contributed by atoms with van der Waals surface area (Å²) in [5.74, 6) is 0. The maximum absolute atomic E-state index is 3.51. The van der Waals surface area contributed by atoms with E-state index < -0.39 is 0 Å². The fourth-order valence-electron chi connectivity index (χ4n) is 3.10. The molecule has 0 saturated carbocycles. The number of nitrogens with one attached hydrogen (secondary N) is 1. The lowest BCUT2D eigenvalue weighted by Gasteiger charge is -2.22. The number of rotatable bonds is 5. The molecule has 1 nitrogen and oxygen atoms in total. The predicted octanol–water partition coefficient (Wildman–Crippen LogP) is 4.32. The summed E-state index contributed by atoms with van der Waals surface area (Å²) in [5.41, 5.74) is 6.05. The van der Waals surface area contributed by atoms with E-state index >= 15 is 0 Å². The van der Waals surface area contributed by atoms with Crippen LogP contribution in [0.1, 0.15) is 48.8 Å². The SMILES string of the molecule is CNC(CC1=CCCCC1)Cc1c(C)cccc1C. The van der Waals surface area contributed by atoms with Crippen LogP contribution in [-0.4, -0.2) is 13.1 Å². The van der Waals surface area contributed by atoms with E-state index in [1.54, 1.807) is 5.57 Å². The van der Waals surface area contributed by atoms with E-state index in [0.29, 0.717) is 6.04 Å². The van der Waals surface area contributed by atoms with Crippen molar-refractivity contribution in [1.82, 2.24) is 5.32 Å². The number of hydrogen-bond donors (Lipinski definition) is 1. The lowest BCUT2D eigenvalue weighted by Crippen LogP contribution is -2.29. The summed E-state index contributed by atoms with van der Waals surface area (Å²) in [4.78, 5) is 0. The molecule has 0 fully saturated rings. The Labute approximate surface area is 118 Å². The zero-order valence-electron chi connectivity index (χ0n) is 12.6. The van der Waals surface area contributed by atoms with Crippen LogP contribution in [0.25, 0.3) is 0 Å². The molecule has 0 spiro atoms. The Morgan fingerprint density at radius 3 is 2.42 bits per heavy atom. The molecule has 1 N–H and O–H groups in total. The minimum atomic E-state index is 0.573. The van der Waals surface area contributed by atoms with E-state index in [9.17, 15) is 0 Å². The number of allylic oxidation sites excluding steroid dienone is 1. The second-order valence-electron chi connectivity index (χ2n) is 5.87. The van der Waals surface area contributed by atoms with Gasteiger partial charge in [-0.2, -0.15) is 0 Å². The van der Waals surface area contributed by atoms with Gasteiger partial charge in [-0.3, -0.25) is 0 Å². The zero-order chi connectivity index (χ0) is 13.7. The molecular weight excluding hydrogens is 230 g/mol. The molecule has 0 saturated heterocycles. The van der Waals surface area contributed by atoms with Gasteiger partial charge in [-0.15, -0.1) is 0 Å². The monoisotopic (exact) mass is 257 g/mol. The summed E-state index contributed by atoms with van der Waals surface area (Å²) in [6, 6.07) is 7.19. The lowest BCUT2D eigenvalue weighted by molar-refractivity contribution is 0.530. The highest BCUT2D eigenvalue weighted by Crippen LogP contribution is 2.23. The summed E-state index contributed by atoms with van der Waals surface area (Å²) in [6.07, 6.45) is 10.2. The molecular formula is C18H27N. The summed E-state index contributed by atoms with van der Waals surface area (Å²) >= 11 is 0. The number of benzene rings is 1. The molecule has 1 aromatic carbocycles. The normalized spacial score (nSPS) is 17.1. The zero-order valence-corrected chi connectivity index (χ0v) is 12.6. The maximum Gasteiger partial charge on any atom is 0.0142 e. The fraction of sp³-hybridized carbons (Fsp3) is 0.556. The Balaban J connectivity index is 2.04. The van der Waals surface area contributed by atoms with Crippen molar-refractivity contribution in [1.29, 1.82) is 0 Å². The van der Waals surface area contributed by atoms with Crippen molar-refractivity contribution >= 4 is 0 Å². The topological polar surface area (TPSA) is 12.0 Å². The largest absolute Gasteiger partial charge is 0.316 e. The molecule has 104 valence electrons. The summed E-state index contributed by atoms with van der Waals surface area (Å²) in [5, 5.41) is 3.51. The standard InChI is InChI=1S/C18H27N/c1-14-8-7-9-15(2)18(14)13-17(19-3)12-16-10-5-4-6-11-16/h7-10,17,19H,4-6,11-13H2,1-3H3. The van der Waals surface area contributed by atoms with Crippen molar-refractivity contribution in [2.24, 2.45) is 0 Å². The Kier molecular flexibility index (Phi) is 5.21. The summed E-state index contributed by atoms with van der Waals surface area (Å²) in [6.45, 7) is 4.46. The van der Waals surface area contributed by atoms with E-state index in [4.69, 9.17) is 0 Å². The molecule has 1 aliphatic carbocycles. The lowest BCUT2D eigenvalue weighted by atomic mass is 9.89. The van der Waals surface area contributed by atoms with Crippen molar-refractivity contribution in [3.05, 3.63) is 46.5 Å². The van der Waals surface area contributed by atoms with Gasteiger partial charge in [0.25, 0.3) is 0 Å². The highest BCUT2D eigenvalue weighted by molar-refractivity contribution is 5.34. The molecule has 0 aliphatic heterocycles. The van der Waals surface area contributed by atoms with Crippen LogP contribution in [0.3, 0.4) is 0 Å². The van der Waals surface area contributed by atoms with E-state index in [2.05, 4.69) is 50.5 Å². The molecule has 0 aromatic heterocycles. The molecule has 0 heterocycles. The van der Waals surface area contributed by atoms with Crippen LogP contribution in [0.15, 0.2) is 29.8 Å². The number of hydrogen-bond acceptors (Lipinski definition) is 1. The van der Waals surface area contributed by atoms with Crippen molar-refractivity contribution < 1.29 is 0 Å². The Morgan fingerprint density at radius 1 is 1.11 bits per heavy atom. The van der Waals surface area contributed by atoms with E-state index in [0.717, 1.165) is 6.42 Å². The van der Waals surface area contributed by atoms with Gasteiger partial charge < -0.3 is 5.32 Å². The van der Waals surface area contributed by atoms with E-state index in [1.807, 2.05) is 0 Å². The van der Waals surface area contributed by atoms with Gasteiger partial charge in [0.1, 0.15) is 0 Å². The predicted molar refractivity (Wildman–Crippen MR) is 83.6 cm³/mol. The minimum absolute atomic E-state index is 0.573. The second kappa shape index (κ2) is 6.91. The van der Waals surface area contributed by atoms with Crippen LogP contribution in [-0.2, 0) is 6.42 Å².